The Morgan fingerprint density at radius 1 is 0.927 bits per heavy atom. The second-order valence-corrected chi connectivity index (χ2v) is 15.7. The zero-order chi connectivity index (χ0) is 38.3. The van der Waals surface area contributed by atoms with Gasteiger partial charge in [0.05, 0.1) is 11.0 Å². The van der Waals surface area contributed by atoms with Gasteiger partial charge in [-0.25, -0.2) is 4.99 Å². The average Bonchev–Trinajstić information content (AvgIpc) is 3.66. The molecular formula is C52H49N3. The summed E-state index contributed by atoms with van der Waals surface area (Å²) in [6.45, 7) is 21.6. The molecule has 0 aliphatic heterocycles. The van der Waals surface area contributed by atoms with Gasteiger partial charge in [-0.05, 0) is 114 Å². The maximum Gasteiger partial charge on any atom is 0.154 e. The van der Waals surface area contributed by atoms with E-state index in [1.165, 1.54) is 60.8 Å². The Kier molecular flexibility index (Phi) is 9.57. The minimum absolute atomic E-state index is 0.167. The van der Waals surface area contributed by atoms with Crippen LogP contribution in [-0.2, 0) is 18.3 Å². The highest BCUT2D eigenvalue weighted by molar-refractivity contribution is 6.19. The molecule has 0 saturated heterocycles. The van der Waals surface area contributed by atoms with Gasteiger partial charge in [-0.15, -0.1) is 0 Å². The summed E-state index contributed by atoms with van der Waals surface area (Å²) >= 11 is 0. The first-order valence-corrected chi connectivity index (χ1v) is 19.4. The van der Waals surface area contributed by atoms with Crippen LogP contribution in [0.25, 0.3) is 38.6 Å². The van der Waals surface area contributed by atoms with Crippen LogP contribution in [0.15, 0.2) is 174 Å². The van der Waals surface area contributed by atoms with Crippen LogP contribution in [0.2, 0.25) is 0 Å². The molecule has 3 heteroatoms. The molecule has 55 heavy (non-hydrogen) atoms. The van der Waals surface area contributed by atoms with Crippen LogP contribution < -0.4 is 0 Å². The molecule has 2 atom stereocenters. The Morgan fingerprint density at radius 2 is 1.65 bits per heavy atom. The van der Waals surface area contributed by atoms with Crippen LogP contribution in [0.5, 0.6) is 0 Å². The van der Waals surface area contributed by atoms with E-state index in [1.807, 2.05) is 12.1 Å². The van der Waals surface area contributed by atoms with Crippen molar-refractivity contribution in [1.82, 2.24) is 4.57 Å². The van der Waals surface area contributed by atoms with Gasteiger partial charge in [-0.2, -0.15) is 0 Å². The van der Waals surface area contributed by atoms with Crippen molar-refractivity contribution in [2.75, 3.05) is 0 Å². The van der Waals surface area contributed by atoms with Crippen molar-refractivity contribution in [1.29, 1.82) is 0 Å². The third kappa shape index (κ3) is 6.28. The molecule has 6 aromatic rings. The lowest BCUT2D eigenvalue weighted by molar-refractivity contribution is 0.652. The van der Waals surface area contributed by atoms with E-state index in [-0.39, 0.29) is 11.5 Å². The molecule has 1 heterocycles. The van der Waals surface area contributed by atoms with Gasteiger partial charge in [0.15, 0.2) is 5.84 Å². The number of rotatable bonds is 10. The SMILES string of the molecule is C=C/C=C\Cc1c(CC(=C)C)c2c(c3c4ccccc4n(-c4ccc(C(N=C)=NC(C5=CCC(C)C=C5)c5ccccc5)cc4)c13)-c1ccccc1C2(C)C. The second-order valence-electron chi connectivity index (χ2n) is 15.7. The van der Waals surface area contributed by atoms with E-state index in [0.717, 1.165) is 41.6 Å². The number of aromatic nitrogens is 1. The number of fused-ring (bicyclic) bond motifs is 7. The van der Waals surface area contributed by atoms with E-state index < -0.39 is 0 Å². The quantitative estimate of drug-likeness (QED) is 0.0585. The van der Waals surface area contributed by atoms with Crippen LogP contribution in [-0.4, -0.2) is 17.1 Å². The van der Waals surface area contributed by atoms with Gasteiger partial charge in [0.25, 0.3) is 0 Å². The van der Waals surface area contributed by atoms with Gasteiger partial charge >= 0.3 is 0 Å². The number of para-hydroxylation sites is 1. The molecule has 1 aromatic heterocycles. The Hall–Kier alpha value is -6.06. The van der Waals surface area contributed by atoms with Gasteiger partial charge in [-0.1, -0.05) is 149 Å². The standard InChI is InChI=1S/C52H49N3/c1-8-9-11-20-40-43(33-34(2)3)48-46(41-21-14-16-23-44(41)52(48,5)6)47-42-22-15-17-24-45(42)55(50(40)47)39-31-29-38(30-32-39)51(53-7)54-49(36-18-12-10-13-19-36)37-27-25-35(4)26-28-37/h8-19,21-25,27-32,35,49H,1-2,7,20,26,33H2,3-6H3/b11-9-,54-51?. The van der Waals surface area contributed by atoms with Crippen molar-refractivity contribution in [3.05, 3.63) is 197 Å². The van der Waals surface area contributed by atoms with Crippen LogP contribution in [0.1, 0.15) is 73.5 Å². The monoisotopic (exact) mass is 715 g/mol. The second kappa shape index (κ2) is 14.6. The van der Waals surface area contributed by atoms with E-state index in [0.29, 0.717) is 11.8 Å². The summed E-state index contributed by atoms with van der Waals surface area (Å²) in [4.78, 5) is 9.80. The Labute approximate surface area is 326 Å². The summed E-state index contributed by atoms with van der Waals surface area (Å²) in [6.07, 6.45) is 15.6. The highest BCUT2D eigenvalue weighted by atomic mass is 15.0. The predicted molar refractivity (Wildman–Crippen MR) is 236 cm³/mol. The zero-order valence-corrected chi connectivity index (χ0v) is 32.5. The fourth-order valence-electron chi connectivity index (χ4n) is 8.97. The number of hydrogen-bond donors (Lipinski definition) is 0. The summed E-state index contributed by atoms with van der Waals surface area (Å²) < 4.78 is 2.48. The molecule has 0 radical (unpaired) electrons. The lowest BCUT2D eigenvalue weighted by Gasteiger charge is -2.27. The first-order chi connectivity index (χ1) is 26.7. The Bertz CT molecular complexity index is 2600. The molecule has 2 unspecified atom stereocenters. The molecule has 3 nitrogen and oxygen atoms in total. The summed E-state index contributed by atoms with van der Waals surface area (Å²) in [5, 5.41) is 2.56. The van der Waals surface area contributed by atoms with Crippen LogP contribution in [0.4, 0.5) is 0 Å². The van der Waals surface area contributed by atoms with Gasteiger partial charge in [-0.3, -0.25) is 4.99 Å². The third-order valence-corrected chi connectivity index (χ3v) is 11.5. The lowest BCUT2D eigenvalue weighted by atomic mass is 9.76. The maximum atomic E-state index is 5.28. The van der Waals surface area contributed by atoms with Gasteiger partial charge < -0.3 is 4.57 Å². The van der Waals surface area contributed by atoms with Crippen LogP contribution >= 0.6 is 0 Å². The smallest absolute Gasteiger partial charge is 0.154 e. The van der Waals surface area contributed by atoms with E-state index in [9.17, 15) is 0 Å². The number of allylic oxidation sites excluding steroid dienone is 6. The predicted octanol–water partition coefficient (Wildman–Crippen LogP) is 13.2. The lowest BCUT2D eigenvalue weighted by Crippen LogP contribution is -2.19. The number of nitrogens with zero attached hydrogens (tertiary/aromatic N) is 3. The van der Waals surface area contributed by atoms with Crippen molar-refractivity contribution >= 4 is 34.4 Å². The van der Waals surface area contributed by atoms with Crippen molar-refractivity contribution < 1.29 is 0 Å². The number of aliphatic imine (C=N–C) groups is 2. The highest BCUT2D eigenvalue weighted by Crippen LogP contribution is 2.56. The molecule has 0 amide bonds. The molecule has 5 aromatic carbocycles. The Morgan fingerprint density at radius 3 is 2.36 bits per heavy atom. The summed E-state index contributed by atoms with van der Waals surface area (Å²) in [7, 11) is 0. The van der Waals surface area contributed by atoms with E-state index in [4.69, 9.17) is 4.99 Å². The normalized spacial score (nSPS) is 16.6. The molecule has 2 aliphatic rings. The van der Waals surface area contributed by atoms with Gasteiger partial charge in [0.1, 0.15) is 6.04 Å². The fourth-order valence-corrected chi connectivity index (χ4v) is 8.97. The zero-order valence-electron chi connectivity index (χ0n) is 32.5. The van der Waals surface area contributed by atoms with E-state index >= 15 is 0 Å². The van der Waals surface area contributed by atoms with Crippen LogP contribution in [0.3, 0.4) is 0 Å². The van der Waals surface area contributed by atoms with Crippen molar-refractivity contribution in [3.8, 4) is 16.8 Å². The van der Waals surface area contributed by atoms with Crippen molar-refractivity contribution in [3.63, 3.8) is 0 Å². The first-order valence-electron chi connectivity index (χ1n) is 19.4. The molecular weight excluding hydrogens is 667 g/mol. The minimum atomic E-state index is -0.172. The Balaban J connectivity index is 1.36. The largest absolute Gasteiger partial charge is 0.309 e. The molecule has 0 spiro atoms. The number of benzene rings is 5. The molecule has 0 saturated carbocycles. The van der Waals surface area contributed by atoms with Gasteiger partial charge in [0.2, 0.25) is 0 Å². The van der Waals surface area contributed by atoms with E-state index in [2.05, 4.69) is 185 Å². The fraction of sp³-hybridized carbons (Fsp3) is 0.192. The summed E-state index contributed by atoms with van der Waals surface area (Å²) in [6, 6.07) is 36.9. The van der Waals surface area contributed by atoms with Crippen molar-refractivity contribution in [2.45, 2.75) is 58.4 Å². The average molecular weight is 716 g/mol. The van der Waals surface area contributed by atoms with Gasteiger partial charge in [0, 0.05) is 27.4 Å². The topological polar surface area (TPSA) is 29.6 Å². The first kappa shape index (κ1) is 35.9. The minimum Gasteiger partial charge on any atom is -0.309 e. The highest BCUT2D eigenvalue weighted by Gasteiger charge is 2.41. The molecule has 0 bridgehead atoms. The molecule has 8 rings (SSSR count). The number of hydrogen-bond acceptors (Lipinski definition) is 1. The molecule has 0 fully saturated rings. The molecule has 2 aliphatic carbocycles. The molecule has 272 valence electrons. The molecule has 0 N–H and O–H groups in total. The maximum absolute atomic E-state index is 5.28. The third-order valence-electron chi connectivity index (χ3n) is 11.5. The van der Waals surface area contributed by atoms with Crippen molar-refractivity contribution in [2.24, 2.45) is 15.9 Å². The number of amidine groups is 1. The van der Waals surface area contributed by atoms with Crippen LogP contribution in [0, 0.1) is 5.92 Å². The summed E-state index contributed by atoms with van der Waals surface area (Å²) in [5.41, 5.74) is 15.9. The van der Waals surface area contributed by atoms with E-state index in [1.54, 1.807) is 0 Å². The summed E-state index contributed by atoms with van der Waals surface area (Å²) in [5.74, 6) is 1.15.